The number of aromatic nitrogens is 3. The average Bonchev–Trinajstić information content (AvgIpc) is 3.62. The van der Waals surface area contributed by atoms with Gasteiger partial charge in [-0.05, 0) is 49.6 Å². The van der Waals surface area contributed by atoms with Crippen LogP contribution in [0.5, 0.6) is 5.75 Å². The summed E-state index contributed by atoms with van der Waals surface area (Å²) in [5, 5.41) is 3.99. The fourth-order valence-electron chi connectivity index (χ4n) is 5.86. The molecule has 2 bridgehead atoms. The molecule has 6 rings (SSSR count). The second kappa shape index (κ2) is 9.96. The van der Waals surface area contributed by atoms with Crippen molar-refractivity contribution in [2.24, 2.45) is 23.5 Å². The molecular weight excluding hydrogens is 490 g/mol. The van der Waals surface area contributed by atoms with Crippen molar-refractivity contribution >= 4 is 34.4 Å². The first-order valence-electron chi connectivity index (χ1n) is 12.9. The van der Waals surface area contributed by atoms with Crippen molar-refractivity contribution in [2.75, 3.05) is 51.7 Å². The Labute approximate surface area is 221 Å². The lowest BCUT2D eigenvalue weighted by Gasteiger charge is -2.32. The number of likely N-dealkylation sites (N-methyl/N-ethyl adjacent to an activating group) is 1. The van der Waals surface area contributed by atoms with E-state index < -0.39 is 0 Å². The number of halogens is 1. The number of benzene rings is 1. The predicted molar refractivity (Wildman–Crippen MR) is 145 cm³/mol. The predicted octanol–water partition coefficient (Wildman–Crippen LogP) is 2.99. The highest BCUT2D eigenvalue weighted by molar-refractivity contribution is 6.34. The minimum atomic E-state index is -0.285. The maximum absolute atomic E-state index is 12.2. The number of hydrogen-bond acceptors (Lipinski definition) is 7. The van der Waals surface area contributed by atoms with Crippen LogP contribution >= 0.6 is 11.6 Å². The molecule has 0 unspecified atom stereocenters. The van der Waals surface area contributed by atoms with Gasteiger partial charge in [-0.1, -0.05) is 23.8 Å². The topological polar surface area (TPSA) is 112 Å². The number of aromatic amines is 1. The number of primary amides is 1. The Morgan fingerprint density at radius 2 is 1.95 bits per heavy atom. The zero-order valence-corrected chi connectivity index (χ0v) is 21.6. The number of rotatable bonds is 8. The Balaban J connectivity index is 1.16. The van der Waals surface area contributed by atoms with E-state index >= 15 is 0 Å². The van der Waals surface area contributed by atoms with Gasteiger partial charge in [0.25, 0.3) is 0 Å². The molecule has 1 aliphatic heterocycles. The van der Waals surface area contributed by atoms with Gasteiger partial charge in [-0.25, -0.2) is 9.97 Å². The second-order valence-electron chi connectivity index (χ2n) is 10.3. The van der Waals surface area contributed by atoms with Crippen molar-refractivity contribution in [1.82, 2.24) is 24.8 Å². The molecule has 1 aromatic carbocycles. The highest BCUT2D eigenvalue weighted by Gasteiger charge is 2.47. The molecule has 2 aliphatic carbocycles. The van der Waals surface area contributed by atoms with E-state index in [2.05, 4.69) is 44.3 Å². The van der Waals surface area contributed by atoms with E-state index in [-0.39, 0.29) is 29.7 Å². The smallest absolute Gasteiger partial charge is 0.223 e. The zero-order chi connectivity index (χ0) is 25.5. The molecule has 3 aromatic rings. The van der Waals surface area contributed by atoms with Crippen LogP contribution in [-0.2, 0) is 4.79 Å². The summed E-state index contributed by atoms with van der Waals surface area (Å²) < 4.78 is 5.98. The summed E-state index contributed by atoms with van der Waals surface area (Å²) in [5.74, 6) is 1.39. The number of piperazine rings is 1. The quantitative estimate of drug-likeness (QED) is 0.391. The average molecular weight is 522 g/mol. The van der Waals surface area contributed by atoms with Crippen molar-refractivity contribution in [3.05, 3.63) is 47.6 Å². The van der Waals surface area contributed by atoms with Gasteiger partial charge in [0.1, 0.15) is 23.7 Å². The summed E-state index contributed by atoms with van der Waals surface area (Å²) in [6.45, 7) is 5.97. The number of nitrogens with zero attached hydrogens (tertiary/aromatic N) is 4. The molecule has 1 saturated heterocycles. The van der Waals surface area contributed by atoms with Crippen LogP contribution in [0.4, 0.5) is 5.69 Å². The Morgan fingerprint density at radius 3 is 2.70 bits per heavy atom. The molecule has 2 fully saturated rings. The molecule has 3 aliphatic rings. The lowest BCUT2D eigenvalue weighted by atomic mass is 9.88. The number of nitrogens with two attached hydrogens (primary N) is 1. The Hall–Kier alpha value is -3.14. The van der Waals surface area contributed by atoms with Crippen LogP contribution in [0.15, 0.2) is 42.6 Å². The number of pyridine rings is 1. The fourth-order valence-corrected chi connectivity index (χ4v) is 6.06. The number of fused-ring (bicyclic) bond motifs is 3. The van der Waals surface area contributed by atoms with Gasteiger partial charge < -0.3 is 25.7 Å². The summed E-state index contributed by atoms with van der Waals surface area (Å²) in [4.78, 5) is 29.5. The number of ether oxygens (including phenoxy) is 1. The number of amides is 1. The molecule has 2 aromatic heterocycles. The van der Waals surface area contributed by atoms with E-state index in [0.29, 0.717) is 34.3 Å². The maximum Gasteiger partial charge on any atom is 0.223 e. The van der Waals surface area contributed by atoms with Crippen LogP contribution in [-0.4, -0.2) is 83.1 Å². The van der Waals surface area contributed by atoms with Crippen molar-refractivity contribution in [3.63, 3.8) is 0 Å². The Kier molecular flexibility index (Phi) is 6.52. The molecule has 194 valence electrons. The number of carbonyl (C=O) groups excluding carboxylic acids is 1. The summed E-state index contributed by atoms with van der Waals surface area (Å²) in [7, 11) is 2.16. The molecule has 1 amide bonds. The Bertz CT molecular complexity index is 1320. The molecule has 4 atom stereocenters. The van der Waals surface area contributed by atoms with Gasteiger partial charge in [0.05, 0.1) is 22.8 Å². The lowest BCUT2D eigenvalue weighted by molar-refractivity contribution is -0.122. The number of carbonyl (C=O) groups is 1. The summed E-state index contributed by atoms with van der Waals surface area (Å²) in [5.41, 5.74) is 8.65. The molecule has 1 saturated carbocycles. The normalized spacial score (nSPS) is 25.7. The lowest BCUT2D eigenvalue weighted by Crippen LogP contribution is -2.45. The van der Waals surface area contributed by atoms with Crippen molar-refractivity contribution in [1.29, 1.82) is 0 Å². The summed E-state index contributed by atoms with van der Waals surface area (Å²) in [6, 6.07) is 7.80. The first kappa shape index (κ1) is 24.2. The molecule has 4 N–H and O–H groups in total. The van der Waals surface area contributed by atoms with E-state index in [1.54, 1.807) is 6.20 Å². The van der Waals surface area contributed by atoms with Gasteiger partial charge in [0.15, 0.2) is 5.65 Å². The van der Waals surface area contributed by atoms with Crippen molar-refractivity contribution in [3.8, 4) is 17.1 Å². The van der Waals surface area contributed by atoms with Crippen molar-refractivity contribution < 1.29 is 9.53 Å². The third-order valence-corrected chi connectivity index (χ3v) is 8.26. The highest BCUT2D eigenvalue weighted by atomic mass is 35.5. The number of hydrogen-bond donors (Lipinski definition) is 3. The number of H-pyrrole nitrogens is 1. The van der Waals surface area contributed by atoms with Crippen LogP contribution in [0.1, 0.15) is 6.42 Å². The third kappa shape index (κ3) is 4.79. The van der Waals surface area contributed by atoms with E-state index in [1.807, 2.05) is 24.3 Å². The number of allylic oxidation sites excluding steroid dienone is 1. The number of anilines is 1. The molecule has 0 radical (unpaired) electrons. The minimum absolute atomic E-state index is 0.107. The van der Waals surface area contributed by atoms with Gasteiger partial charge >= 0.3 is 0 Å². The zero-order valence-electron chi connectivity index (χ0n) is 20.9. The van der Waals surface area contributed by atoms with Gasteiger partial charge in [-0.3, -0.25) is 9.69 Å². The fraction of sp³-hybridized carbons (Fsp3) is 0.444. The van der Waals surface area contributed by atoms with Crippen LogP contribution in [0.3, 0.4) is 0 Å². The first-order chi connectivity index (χ1) is 18.0. The molecular formula is C27H32ClN7O2. The van der Waals surface area contributed by atoms with E-state index in [1.165, 1.54) is 0 Å². The van der Waals surface area contributed by atoms with Gasteiger partial charge in [0.2, 0.25) is 5.91 Å². The van der Waals surface area contributed by atoms with Crippen LogP contribution in [0, 0.1) is 17.8 Å². The summed E-state index contributed by atoms with van der Waals surface area (Å²) >= 11 is 6.57. The van der Waals surface area contributed by atoms with Crippen molar-refractivity contribution in [2.45, 2.75) is 12.5 Å². The molecule has 10 heteroatoms. The molecule has 37 heavy (non-hydrogen) atoms. The molecule has 0 spiro atoms. The second-order valence-corrected chi connectivity index (χ2v) is 10.7. The minimum Gasteiger partial charge on any atom is -0.492 e. The monoisotopic (exact) mass is 521 g/mol. The maximum atomic E-state index is 12.2. The first-order valence-corrected chi connectivity index (χ1v) is 13.3. The SMILES string of the molecule is CN1CCN(CCOc2ccc(-c3nc4ncc(Cl)c(N[C@H]5[C@@H](C(N)=O)[C@@H]6C=C[C@H]5C6)c4[nH]3)cc2)CC1. The van der Waals surface area contributed by atoms with Crippen LogP contribution in [0.25, 0.3) is 22.6 Å². The van der Waals surface area contributed by atoms with E-state index in [0.717, 1.165) is 50.5 Å². The van der Waals surface area contributed by atoms with Gasteiger partial charge in [-0.2, -0.15) is 0 Å². The number of imidazole rings is 1. The van der Waals surface area contributed by atoms with Gasteiger partial charge in [0, 0.05) is 44.3 Å². The van der Waals surface area contributed by atoms with Gasteiger partial charge in [-0.15, -0.1) is 0 Å². The Morgan fingerprint density at radius 1 is 1.19 bits per heavy atom. The third-order valence-electron chi connectivity index (χ3n) is 7.97. The largest absolute Gasteiger partial charge is 0.492 e. The standard InChI is InChI=1S/C27H32ClN7O2/c1-34-8-10-35(11-9-34)12-13-37-19-6-4-16(5-7-19)26-32-24-23(20(28)15-30-27(24)33-26)31-22-18-3-2-17(14-18)21(22)25(29)36/h2-7,15,17-18,21-22H,8-14H2,1H3,(H2,29,36)(H2,30,31,32,33)/t17-,18+,21+,22-/m1/s1. The molecule has 3 heterocycles. The molecule has 9 nitrogen and oxygen atoms in total. The van der Waals surface area contributed by atoms with E-state index in [9.17, 15) is 4.79 Å². The van der Waals surface area contributed by atoms with Crippen LogP contribution < -0.4 is 15.8 Å². The van der Waals surface area contributed by atoms with E-state index in [4.69, 9.17) is 27.1 Å². The van der Waals surface area contributed by atoms with Crippen LogP contribution in [0.2, 0.25) is 5.02 Å². The number of nitrogens with one attached hydrogen (secondary N) is 2. The highest BCUT2D eigenvalue weighted by Crippen LogP contribution is 2.46. The summed E-state index contributed by atoms with van der Waals surface area (Å²) in [6.07, 6.45) is 6.79.